The van der Waals surface area contributed by atoms with Gasteiger partial charge in [-0.3, -0.25) is 4.79 Å². The van der Waals surface area contributed by atoms with Crippen molar-refractivity contribution in [1.29, 1.82) is 0 Å². The van der Waals surface area contributed by atoms with Gasteiger partial charge in [0.05, 0.1) is 18.9 Å². The van der Waals surface area contributed by atoms with Crippen LogP contribution in [0.2, 0.25) is 0 Å². The lowest BCUT2D eigenvalue weighted by molar-refractivity contribution is -0.682. The number of quaternary nitrogens is 1. The van der Waals surface area contributed by atoms with E-state index in [1.807, 2.05) is 39.0 Å². The molecule has 122 valence electrons. The fraction of sp³-hybridized carbons (Fsp3) is 0.529. The summed E-state index contributed by atoms with van der Waals surface area (Å²) < 4.78 is 0. The van der Waals surface area contributed by atoms with E-state index in [0.717, 1.165) is 36.1 Å². The van der Waals surface area contributed by atoms with E-state index in [1.165, 1.54) is 0 Å². The number of nitrogens with one attached hydrogen (secondary N) is 1. The van der Waals surface area contributed by atoms with Gasteiger partial charge in [0.25, 0.3) is 0 Å². The highest BCUT2D eigenvalue weighted by Gasteiger charge is 2.19. The Balaban J connectivity index is 2.81. The van der Waals surface area contributed by atoms with Crippen LogP contribution in [0.4, 0.5) is 5.69 Å². The molecule has 0 fully saturated rings. The van der Waals surface area contributed by atoms with Crippen LogP contribution >= 0.6 is 0 Å². The Morgan fingerprint density at radius 1 is 1.18 bits per heavy atom. The smallest absolute Gasteiger partial charge is 0.230 e. The van der Waals surface area contributed by atoms with Crippen molar-refractivity contribution < 1.29 is 20.0 Å². The van der Waals surface area contributed by atoms with E-state index in [1.54, 1.807) is 5.32 Å². The van der Waals surface area contributed by atoms with Crippen LogP contribution in [0, 0.1) is 0 Å². The molecule has 5 heteroatoms. The first-order valence-electron chi connectivity index (χ1n) is 7.98. The first-order chi connectivity index (χ1) is 10.5. The van der Waals surface area contributed by atoms with E-state index >= 15 is 0 Å². The number of carbonyl (C=O) groups excluding carboxylic acids is 2. The number of hydrogen-bond acceptors (Lipinski definition) is 3. The van der Waals surface area contributed by atoms with Gasteiger partial charge in [0.2, 0.25) is 5.91 Å². The van der Waals surface area contributed by atoms with Crippen LogP contribution in [-0.2, 0) is 22.4 Å². The molecule has 22 heavy (non-hydrogen) atoms. The number of benzene rings is 1. The quantitative estimate of drug-likeness (QED) is 0.685. The second-order valence-corrected chi connectivity index (χ2v) is 5.36. The highest BCUT2D eigenvalue weighted by molar-refractivity contribution is 5.94. The molecule has 1 aromatic carbocycles. The van der Waals surface area contributed by atoms with Crippen molar-refractivity contribution in [3.05, 3.63) is 29.3 Å². The molecule has 0 saturated heterocycles. The fourth-order valence-corrected chi connectivity index (χ4v) is 2.42. The largest absolute Gasteiger partial charge is 0.544 e. The van der Waals surface area contributed by atoms with E-state index in [4.69, 9.17) is 0 Å². The fourth-order valence-electron chi connectivity index (χ4n) is 2.42. The number of anilines is 1. The Bertz CT molecular complexity index is 492. The number of carboxylic acids is 1. The third-order valence-electron chi connectivity index (χ3n) is 3.71. The normalized spacial score (nSPS) is 12.0. The number of para-hydroxylation sites is 1. The van der Waals surface area contributed by atoms with Crippen LogP contribution in [0.3, 0.4) is 0 Å². The molecule has 0 aliphatic carbocycles. The molecule has 1 atom stereocenters. The van der Waals surface area contributed by atoms with Gasteiger partial charge in [-0.2, -0.15) is 0 Å². The van der Waals surface area contributed by atoms with Gasteiger partial charge in [-0.05, 0) is 30.4 Å². The number of aryl methyl sites for hydroxylation is 2. The molecule has 1 aromatic rings. The summed E-state index contributed by atoms with van der Waals surface area (Å²) in [6.07, 6.45) is 2.40. The summed E-state index contributed by atoms with van der Waals surface area (Å²) in [6, 6.07) is 5.10. The molecule has 0 aliphatic heterocycles. The van der Waals surface area contributed by atoms with Crippen LogP contribution < -0.4 is 15.7 Å². The predicted octanol–water partition coefficient (Wildman–Crippen LogP) is 0.232. The Morgan fingerprint density at radius 2 is 1.77 bits per heavy atom. The second kappa shape index (κ2) is 9.20. The minimum absolute atomic E-state index is 0.0798. The second-order valence-electron chi connectivity index (χ2n) is 5.36. The van der Waals surface area contributed by atoms with Gasteiger partial charge in [-0.15, -0.1) is 0 Å². The standard InChI is InChI=1S/C17H26N2O3/c1-4-10-18-14(17(21)22)11-15(20)19-16-12(5-2)8-7-9-13(16)6-3/h7-9,14,18H,4-6,10-11H2,1-3H3,(H,19,20)(H,21,22)/t14-/m0/s1. The summed E-state index contributed by atoms with van der Waals surface area (Å²) in [7, 11) is 0. The lowest BCUT2D eigenvalue weighted by Crippen LogP contribution is -2.93. The number of carboxylic acid groups (broad SMARTS) is 1. The SMILES string of the molecule is CCC[NH2+][C@@H](CC(=O)Nc1c(CC)cccc1CC)C(=O)[O-]. The molecule has 1 rings (SSSR count). The first-order valence-corrected chi connectivity index (χ1v) is 7.98. The number of rotatable bonds is 9. The number of nitrogens with two attached hydrogens (primary N) is 1. The average Bonchev–Trinajstić information content (AvgIpc) is 2.51. The van der Waals surface area contributed by atoms with Crippen LogP contribution in [0.25, 0.3) is 0 Å². The van der Waals surface area contributed by atoms with E-state index < -0.39 is 12.0 Å². The molecule has 0 bridgehead atoms. The van der Waals surface area contributed by atoms with E-state index in [-0.39, 0.29) is 12.3 Å². The number of carbonyl (C=O) groups is 2. The molecular formula is C17H26N2O3. The molecule has 5 nitrogen and oxygen atoms in total. The minimum Gasteiger partial charge on any atom is -0.544 e. The maximum Gasteiger partial charge on any atom is 0.230 e. The third-order valence-corrected chi connectivity index (χ3v) is 3.71. The van der Waals surface area contributed by atoms with Crippen molar-refractivity contribution in [3.63, 3.8) is 0 Å². The summed E-state index contributed by atoms with van der Waals surface area (Å²) in [5, 5.41) is 15.7. The molecule has 0 aliphatic rings. The molecule has 0 saturated carbocycles. The van der Waals surface area contributed by atoms with Crippen LogP contribution in [0.15, 0.2) is 18.2 Å². The summed E-state index contributed by atoms with van der Waals surface area (Å²) in [5.41, 5.74) is 2.95. The molecular weight excluding hydrogens is 280 g/mol. The Labute approximate surface area is 132 Å². The maximum absolute atomic E-state index is 12.2. The van der Waals surface area contributed by atoms with Crippen LogP contribution in [-0.4, -0.2) is 24.5 Å². The Morgan fingerprint density at radius 3 is 2.23 bits per heavy atom. The van der Waals surface area contributed by atoms with Gasteiger partial charge in [0.1, 0.15) is 6.04 Å². The van der Waals surface area contributed by atoms with Crippen molar-refractivity contribution in [1.82, 2.24) is 0 Å². The number of hydrogen-bond donors (Lipinski definition) is 2. The molecule has 0 spiro atoms. The molecule has 3 N–H and O–H groups in total. The Kier molecular flexibility index (Phi) is 7.60. The topological polar surface area (TPSA) is 85.8 Å². The van der Waals surface area contributed by atoms with Crippen molar-refractivity contribution in [2.75, 3.05) is 11.9 Å². The van der Waals surface area contributed by atoms with Gasteiger partial charge >= 0.3 is 0 Å². The zero-order chi connectivity index (χ0) is 16.5. The van der Waals surface area contributed by atoms with E-state index in [2.05, 4.69) is 5.32 Å². The van der Waals surface area contributed by atoms with Gasteiger partial charge in [-0.1, -0.05) is 39.0 Å². The zero-order valence-electron chi connectivity index (χ0n) is 13.6. The summed E-state index contributed by atoms with van der Waals surface area (Å²) in [4.78, 5) is 23.3. The average molecular weight is 306 g/mol. The predicted molar refractivity (Wildman–Crippen MR) is 84.3 cm³/mol. The molecule has 1 amide bonds. The van der Waals surface area contributed by atoms with Crippen molar-refractivity contribution in [3.8, 4) is 0 Å². The number of amides is 1. The lowest BCUT2D eigenvalue weighted by Gasteiger charge is -2.18. The van der Waals surface area contributed by atoms with Crippen molar-refractivity contribution in [2.45, 2.75) is 52.5 Å². The van der Waals surface area contributed by atoms with Crippen LogP contribution in [0.5, 0.6) is 0 Å². The van der Waals surface area contributed by atoms with Gasteiger partial charge in [0, 0.05) is 5.69 Å². The van der Waals surface area contributed by atoms with Gasteiger partial charge < -0.3 is 20.5 Å². The van der Waals surface area contributed by atoms with E-state index in [0.29, 0.717) is 6.54 Å². The summed E-state index contributed by atoms with van der Waals surface area (Å²) in [6.45, 7) is 6.69. The van der Waals surface area contributed by atoms with Crippen molar-refractivity contribution >= 4 is 17.6 Å². The highest BCUT2D eigenvalue weighted by Crippen LogP contribution is 2.22. The molecule has 0 radical (unpaired) electrons. The Hall–Kier alpha value is -1.88. The van der Waals surface area contributed by atoms with Gasteiger partial charge in [-0.25, -0.2) is 0 Å². The van der Waals surface area contributed by atoms with Crippen molar-refractivity contribution in [2.24, 2.45) is 0 Å². The maximum atomic E-state index is 12.2. The highest BCUT2D eigenvalue weighted by atomic mass is 16.4. The van der Waals surface area contributed by atoms with Crippen LogP contribution in [0.1, 0.15) is 44.7 Å². The van der Waals surface area contributed by atoms with E-state index in [9.17, 15) is 14.7 Å². The third kappa shape index (κ3) is 5.15. The summed E-state index contributed by atoms with van der Waals surface area (Å²) >= 11 is 0. The lowest BCUT2D eigenvalue weighted by atomic mass is 10.0. The molecule has 0 heterocycles. The minimum atomic E-state index is -1.19. The first kappa shape index (κ1) is 18.2. The summed E-state index contributed by atoms with van der Waals surface area (Å²) in [5.74, 6) is -1.47. The number of aliphatic carboxylic acids is 1. The zero-order valence-corrected chi connectivity index (χ0v) is 13.6. The van der Waals surface area contributed by atoms with Gasteiger partial charge in [0.15, 0.2) is 0 Å². The molecule has 0 unspecified atom stereocenters. The monoisotopic (exact) mass is 306 g/mol. The molecule has 0 aromatic heterocycles.